The number of likely N-dealkylation sites (tertiary alicyclic amines) is 1. The molecule has 4 nitrogen and oxygen atoms in total. The van der Waals surface area contributed by atoms with Crippen LogP contribution < -0.4 is 11.1 Å². The standard InChI is InChI=1S/C15H23N3O/c1-12-4-2-3-5-13(12)11-18-8-6-14(7-9-18)17-15(19)10-16/h2-5,14H,6-11,16H2,1H3,(H,17,19). The highest BCUT2D eigenvalue weighted by Gasteiger charge is 2.20. The first-order chi connectivity index (χ1) is 9.19. The van der Waals surface area contributed by atoms with Crippen molar-refractivity contribution in [3.05, 3.63) is 35.4 Å². The maximum absolute atomic E-state index is 11.2. The molecule has 1 aromatic carbocycles. The third-order valence-electron chi connectivity index (χ3n) is 3.79. The smallest absolute Gasteiger partial charge is 0.233 e. The fraction of sp³-hybridized carbons (Fsp3) is 0.533. The van der Waals surface area contributed by atoms with Gasteiger partial charge in [0, 0.05) is 25.7 Å². The third kappa shape index (κ3) is 4.04. The van der Waals surface area contributed by atoms with E-state index in [1.807, 2.05) is 0 Å². The molecule has 0 aliphatic carbocycles. The molecule has 19 heavy (non-hydrogen) atoms. The zero-order chi connectivity index (χ0) is 13.7. The second-order valence-corrected chi connectivity index (χ2v) is 5.25. The van der Waals surface area contributed by atoms with Crippen LogP contribution in [0.5, 0.6) is 0 Å². The Morgan fingerprint density at radius 3 is 2.68 bits per heavy atom. The van der Waals surface area contributed by atoms with Crippen LogP contribution in [0.1, 0.15) is 24.0 Å². The molecule has 1 aliphatic heterocycles. The van der Waals surface area contributed by atoms with Crippen LogP contribution in [0.2, 0.25) is 0 Å². The number of hydrogen-bond acceptors (Lipinski definition) is 3. The van der Waals surface area contributed by atoms with Crippen LogP contribution in [0.4, 0.5) is 0 Å². The maximum Gasteiger partial charge on any atom is 0.233 e. The monoisotopic (exact) mass is 261 g/mol. The predicted molar refractivity (Wildman–Crippen MR) is 76.7 cm³/mol. The molecular weight excluding hydrogens is 238 g/mol. The van der Waals surface area contributed by atoms with Crippen molar-refractivity contribution in [3.8, 4) is 0 Å². The molecular formula is C15H23N3O. The first-order valence-electron chi connectivity index (χ1n) is 6.95. The summed E-state index contributed by atoms with van der Waals surface area (Å²) in [6, 6.07) is 8.81. The second-order valence-electron chi connectivity index (χ2n) is 5.25. The van der Waals surface area contributed by atoms with E-state index in [1.54, 1.807) is 0 Å². The van der Waals surface area contributed by atoms with E-state index in [0.29, 0.717) is 6.04 Å². The van der Waals surface area contributed by atoms with E-state index in [-0.39, 0.29) is 12.5 Å². The Kier molecular flexibility index (Phi) is 4.93. The molecule has 2 rings (SSSR count). The molecule has 104 valence electrons. The van der Waals surface area contributed by atoms with E-state index in [0.717, 1.165) is 32.5 Å². The van der Waals surface area contributed by atoms with Crippen LogP contribution >= 0.6 is 0 Å². The summed E-state index contributed by atoms with van der Waals surface area (Å²) in [4.78, 5) is 13.7. The van der Waals surface area contributed by atoms with Crippen LogP contribution in [0.25, 0.3) is 0 Å². The minimum atomic E-state index is -0.0441. The molecule has 0 unspecified atom stereocenters. The van der Waals surface area contributed by atoms with Gasteiger partial charge in [0.05, 0.1) is 6.54 Å². The molecule has 4 heteroatoms. The van der Waals surface area contributed by atoms with Gasteiger partial charge in [-0.3, -0.25) is 9.69 Å². The van der Waals surface area contributed by atoms with Crippen molar-refractivity contribution in [2.75, 3.05) is 19.6 Å². The number of hydrogen-bond donors (Lipinski definition) is 2. The lowest BCUT2D eigenvalue weighted by molar-refractivity contribution is -0.120. The molecule has 3 N–H and O–H groups in total. The molecule has 1 fully saturated rings. The first kappa shape index (κ1) is 14.0. The van der Waals surface area contributed by atoms with Crippen LogP contribution in [-0.4, -0.2) is 36.5 Å². The molecule has 1 aromatic rings. The third-order valence-corrected chi connectivity index (χ3v) is 3.79. The highest BCUT2D eigenvalue weighted by Crippen LogP contribution is 2.15. The number of nitrogens with two attached hydrogens (primary N) is 1. The Labute approximate surface area is 115 Å². The topological polar surface area (TPSA) is 58.4 Å². The van der Waals surface area contributed by atoms with Gasteiger partial charge in [-0.05, 0) is 30.9 Å². The van der Waals surface area contributed by atoms with Crippen LogP contribution in [0.15, 0.2) is 24.3 Å². The Bertz CT molecular complexity index is 425. The molecule has 1 amide bonds. The molecule has 0 bridgehead atoms. The van der Waals surface area contributed by atoms with Crippen molar-refractivity contribution in [2.45, 2.75) is 32.4 Å². The van der Waals surface area contributed by atoms with Gasteiger partial charge in [0.1, 0.15) is 0 Å². The Morgan fingerprint density at radius 2 is 2.05 bits per heavy atom. The number of rotatable bonds is 4. The highest BCUT2D eigenvalue weighted by molar-refractivity contribution is 5.78. The average Bonchev–Trinajstić information content (AvgIpc) is 2.43. The Balaban J connectivity index is 1.81. The summed E-state index contributed by atoms with van der Waals surface area (Å²) in [5.74, 6) is -0.0441. The van der Waals surface area contributed by atoms with Gasteiger partial charge in [0.25, 0.3) is 0 Å². The molecule has 1 saturated heterocycles. The van der Waals surface area contributed by atoms with Crippen molar-refractivity contribution in [1.29, 1.82) is 0 Å². The summed E-state index contributed by atoms with van der Waals surface area (Å²) in [6.07, 6.45) is 2.02. The number of carbonyl (C=O) groups excluding carboxylic acids is 1. The molecule has 0 aromatic heterocycles. The fourth-order valence-corrected chi connectivity index (χ4v) is 2.55. The van der Waals surface area contributed by atoms with Crippen LogP contribution in [0, 0.1) is 6.92 Å². The van der Waals surface area contributed by atoms with E-state index in [9.17, 15) is 4.79 Å². The van der Waals surface area contributed by atoms with Crippen molar-refractivity contribution in [3.63, 3.8) is 0 Å². The van der Waals surface area contributed by atoms with Gasteiger partial charge in [-0.1, -0.05) is 24.3 Å². The summed E-state index contributed by atoms with van der Waals surface area (Å²) in [5, 5.41) is 2.97. The van der Waals surface area contributed by atoms with Crippen LogP contribution in [-0.2, 0) is 11.3 Å². The van der Waals surface area contributed by atoms with Gasteiger partial charge in [-0.25, -0.2) is 0 Å². The summed E-state index contributed by atoms with van der Waals surface area (Å²) < 4.78 is 0. The quantitative estimate of drug-likeness (QED) is 0.851. The predicted octanol–water partition coefficient (Wildman–Crippen LogP) is 1.03. The first-order valence-corrected chi connectivity index (χ1v) is 6.95. The maximum atomic E-state index is 11.2. The zero-order valence-electron chi connectivity index (χ0n) is 11.6. The van der Waals surface area contributed by atoms with E-state index in [2.05, 4.69) is 41.4 Å². The summed E-state index contributed by atoms with van der Waals surface area (Å²) in [7, 11) is 0. The number of nitrogens with zero attached hydrogens (tertiary/aromatic N) is 1. The SMILES string of the molecule is Cc1ccccc1CN1CCC(NC(=O)CN)CC1. The lowest BCUT2D eigenvalue weighted by Gasteiger charge is -2.32. The Morgan fingerprint density at radius 1 is 1.37 bits per heavy atom. The molecule has 1 aliphatic rings. The molecule has 1 heterocycles. The van der Waals surface area contributed by atoms with Gasteiger partial charge < -0.3 is 11.1 Å². The summed E-state index contributed by atoms with van der Waals surface area (Å²) in [5.41, 5.74) is 8.06. The van der Waals surface area contributed by atoms with Gasteiger partial charge in [-0.15, -0.1) is 0 Å². The number of carbonyl (C=O) groups is 1. The minimum Gasteiger partial charge on any atom is -0.352 e. The van der Waals surface area contributed by atoms with Gasteiger partial charge >= 0.3 is 0 Å². The van der Waals surface area contributed by atoms with Crippen molar-refractivity contribution in [1.82, 2.24) is 10.2 Å². The van der Waals surface area contributed by atoms with Crippen molar-refractivity contribution in [2.24, 2.45) is 5.73 Å². The lowest BCUT2D eigenvalue weighted by atomic mass is 10.0. The highest BCUT2D eigenvalue weighted by atomic mass is 16.1. The minimum absolute atomic E-state index is 0.0441. The second kappa shape index (κ2) is 6.68. The summed E-state index contributed by atoms with van der Waals surface area (Å²) in [6.45, 7) is 5.31. The van der Waals surface area contributed by atoms with Crippen molar-refractivity contribution < 1.29 is 4.79 Å². The van der Waals surface area contributed by atoms with Crippen molar-refractivity contribution >= 4 is 5.91 Å². The zero-order valence-corrected chi connectivity index (χ0v) is 11.6. The largest absolute Gasteiger partial charge is 0.352 e. The lowest BCUT2D eigenvalue weighted by Crippen LogP contribution is -2.46. The number of benzene rings is 1. The normalized spacial score (nSPS) is 17.4. The summed E-state index contributed by atoms with van der Waals surface area (Å²) >= 11 is 0. The van der Waals surface area contributed by atoms with E-state index in [4.69, 9.17) is 5.73 Å². The van der Waals surface area contributed by atoms with Gasteiger partial charge in [-0.2, -0.15) is 0 Å². The van der Waals surface area contributed by atoms with Crippen LogP contribution in [0.3, 0.4) is 0 Å². The molecule has 0 atom stereocenters. The molecule has 0 spiro atoms. The number of aryl methyl sites for hydroxylation is 1. The van der Waals surface area contributed by atoms with E-state index >= 15 is 0 Å². The molecule has 0 radical (unpaired) electrons. The Hall–Kier alpha value is -1.39. The van der Waals surface area contributed by atoms with E-state index in [1.165, 1.54) is 11.1 Å². The average molecular weight is 261 g/mol. The van der Waals surface area contributed by atoms with Gasteiger partial charge in [0.15, 0.2) is 0 Å². The van der Waals surface area contributed by atoms with Gasteiger partial charge in [0.2, 0.25) is 5.91 Å². The van der Waals surface area contributed by atoms with E-state index < -0.39 is 0 Å². The number of amides is 1. The molecule has 0 saturated carbocycles. The fourth-order valence-electron chi connectivity index (χ4n) is 2.55. The number of nitrogens with one attached hydrogen (secondary N) is 1. The number of piperidine rings is 1.